The van der Waals surface area contributed by atoms with Crippen LogP contribution in [0.15, 0.2) is 46.9 Å². The Bertz CT molecular complexity index is 765. The SMILES string of the molecule is Cn1c(-c2ccc(NCCO)cc2)nc2cc(Br)ccc21. The van der Waals surface area contributed by atoms with E-state index in [0.29, 0.717) is 6.54 Å². The zero-order valence-electron chi connectivity index (χ0n) is 11.7. The summed E-state index contributed by atoms with van der Waals surface area (Å²) in [5.41, 5.74) is 4.15. The van der Waals surface area contributed by atoms with Gasteiger partial charge in [-0.1, -0.05) is 15.9 Å². The van der Waals surface area contributed by atoms with Crippen molar-refractivity contribution in [1.82, 2.24) is 9.55 Å². The van der Waals surface area contributed by atoms with Crippen molar-refractivity contribution in [3.8, 4) is 11.4 Å². The highest BCUT2D eigenvalue weighted by atomic mass is 79.9. The van der Waals surface area contributed by atoms with Crippen molar-refractivity contribution in [2.24, 2.45) is 7.05 Å². The molecule has 2 N–H and O–H groups in total. The monoisotopic (exact) mass is 345 g/mol. The van der Waals surface area contributed by atoms with Crippen LogP contribution in [0, 0.1) is 0 Å². The zero-order valence-corrected chi connectivity index (χ0v) is 13.3. The minimum Gasteiger partial charge on any atom is -0.395 e. The molecular formula is C16H16BrN3O. The number of aryl methyl sites for hydroxylation is 1. The van der Waals surface area contributed by atoms with Gasteiger partial charge in [0.05, 0.1) is 17.6 Å². The van der Waals surface area contributed by atoms with Gasteiger partial charge in [-0.2, -0.15) is 0 Å². The number of fused-ring (bicyclic) bond motifs is 1. The van der Waals surface area contributed by atoms with E-state index in [2.05, 4.69) is 31.9 Å². The second-order valence-electron chi connectivity index (χ2n) is 4.86. The first-order chi connectivity index (χ1) is 10.2. The number of benzene rings is 2. The highest BCUT2D eigenvalue weighted by Gasteiger charge is 2.09. The number of nitrogens with one attached hydrogen (secondary N) is 1. The van der Waals surface area contributed by atoms with Crippen molar-refractivity contribution in [2.45, 2.75) is 0 Å². The van der Waals surface area contributed by atoms with Gasteiger partial charge in [0.15, 0.2) is 0 Å². The summed E-state index contributed by atoms with van der Waals surface area (Å²) in [5.74, 6) is 0.941. The molecule has 0 aliphatic heterocycles. The number of imidazole rings is 1. The van der Waals surface area contributed by atoms with Crippen molar-refractivity contribution in [3.05, 3.63) is 46.9 Å². The van der Waals surface area contributed by atoms with E-state index in [1.165, 1.54) is 0 Å². The summed E-state index contributed by atoms with van der Waals surface area (Å²) in [6, 6.07) is 14.2. The molecule has 0 atom stereocenters. The molecule has 21 heavy (non-hydrogen) atoms. The van der Waals surface area contributed by atoms with Crippen LogP contribution in [-0.4, -0.2) is 27.8 Å². The fourth-order valence-corrected chi connectivity index (χ4v) is 2.72. The number of rotatable bonds is 4. The molecule has 0 aliphatic rings. The number of hydrogen-bond acceptors (Lipinski definition) is 3. The molecule has 0 amide bonds. The van der Waals surface area contributed by atoms with Crippen LogP contribution < -0.4 is 5.32 Å². The smallest absolute Gasteiger partial charge is 0.140 e. The molecule has 0 unspecified atom stereocenters. The second kappa shape index (κ2) is 5.87. The maximum Gasteiger partial charge on any atom is 0.140 e. The summed E-state index contributed by atoms with van der Waals surface area (Å²) < 4.78 is 3.13. The molecule has 0 bridgehead atoms. The topological polar surface area (TPSA) is 50.1 Å². The normalized spacial score (nSPS) is 11.0. The average Bonchev–Trinajstić information content (AvgIpc) is 2.82. The summed E-state index contributed by atoms with van der Waals surface area (Å²) in [6.45, 7) is 0.682. The van der Waals surface area contributed by atoms with Crippen LogP contribution in [0.25, 0.3) is 22.4 Å². The van der Waals surface area contributed by atoms with Crippen LogP contribution in [0.5, 0.6) is 0 Å². The van der Waals surface area contributed by atoms with Gasteiger partial charge >= 0.3 is 0 Å². The van der Waals surface area contributed by atoms with Crippen LogP contribution in [0.4, 0.5) is 5.69 Å². The van der Waals surface area contributed by atoms with Gasteiger partial charge in [-0.15, -0.1) is 0 Å². The molecule has 1 heterocycles. The Labute approximate surface area is 131 Å². The second-order valence-corrected chi connectivity index (χ2v) is 5.77. The lowest BCUT2D eigenvalue weighted by Crippen LogP contribution is -2.05. The number of aliphatic hydroxyl groups excluding tert-OH is 1. The molecule has 5 heteroatoms. The van der Waals surface area contributed by atoms with Gasteiger partial charge in [0.1, 0.15) is 5.82 Å². The minimum atomic E-state index is 0.126. The molecule has 3 aromatic rings. The van der Waals surface area contributed by atoms with Crippen molar-refractivity contribution in [2.75, 3.05) is 18.5 Å². The number of aromatic nitrogens is 2. The Morgan fingerprint density at radius 3 is 2.67 bits per heavy atom. The number of nitrogens with zero attached hydrogens (tertiary/aromatic N) is 2. The number of hydrogen-bond donors (Lipinski definition) is 2. The standard InChI is InChI=1S/C16H16BrN3O/c1-20-15-7-4-12(17)10-14(15)19-16(20)11-2-5-13(6-3-11)18-8-9-21/h2-7,10,18,21H,8-9H2,1H3. The van der Waals surface area contributed by atoms with Gasteiger partial charge in [0.25, 0.3) is 0 Å². The Morgan fingerprint density at radius 1 is 1.19 bits per heavy atom. The highest BCUT2D eigenvalue weighted by molar-refractivity contribution is 9.10. The van der Waals surface area contributed by atoms with E-state index < -0.39 is 0 Å². The quantitative estimate of drug-likeness (QED) is 0.761. The van der Waals surface area contributed by atoms with E-state index in [4.69, 9.17) is 10.1 Å². The summed E-state index contributed by atoms with van der Waals surface area (Å²) in [5, 5.41) is 12.0. The summed E-state index contributed by atoms with van der Waals surface area (Å²) in [7, 11) is 2.02. The molecule has 108 valence electrons. The molecule has 0 saturated heterocycles. The Balaban J connectivity index is 1.98. The third-order valence-electron chi connectivity index (χ3n) is 3.43. The predicted molar refractivity (Wildman–Crippen MR) is 89.4 cm³/mol. The highest BCUT2D eigenvalue weighted by Crippen LogP contribution is 2.26. The van der Waals surface area contributed by atoms with Gasteiger partial charge in [0, 0.05) is 29.3 Å². The first-order valence-electron chi connectivity index (χ1n) is 6.76. The third-order valence-corrected chi connectivity index (χ3v) is 3.92. The van der Waals surface area contributed by atoms with E-state index in [0.717, 1.165) is 32.6 Å². The Morgan fingerprint density at radius 2 is 1.95 bits per heavy atom. The van der Waals surface area contributed by atoms with E-state index >= 15 is 0 Å². The van der Waals surface area contributed by atoms with Crippen molar-refractivity contribution in [1.29, 1.82) is 0 Å². The first kappa shape index (κ1) is 14.1. The molecule has 4 nitrogen and oxygen atoms in total. The van der Waals surface area contributed by atoms with Crippen LogP contribution >= 0.6 is 15.9 Å². The van der Waals surface area contributed by atoms with Crippen LogP contribution in [0.2, 0.25) is 0 Å². The maximum absolute atomic E-state index is 8.82. The Kier molecular flexibility index (Phi) is 3.94. The first-order valence-corrected chi connectivity index (χ1v) is 7.55. The van der Waals surface area contributed by atoms with Crippen LogP contribution in [0.1, 0.15) is 0 Å². The van der Waals surface area contributed by atoms with Gasteiger partial charge in [-0.05, 0) is 42.5 Å². The number of anilines is 1. The van der Waals surface area contributed by atoms with Crippen molar-refractivity contribution >= 4 is 32.7 Å². The molecule has 0 fully saturated rings. The number of aliphatic hydroxyl groups is 1. The molecule has 0 saturated carbocycles. The maximum atomic E-state index is 8.82. The minimum absolute atomic E-state index is 0.126. The zero-order chi connectivity index (χ0) is 14.8. The lowest BCUT2D eigenvalue weighted by atomic mass is 10.2. The largest absolute Gasteiger partial charge is 0.395 e. The van der Waals surface area contributed by atoms with Crippen molar-refractivity contribution in [3.63, 3.8) is 0 Å². The lowest BCUT2D eigenvalue weighted by molar-refractivity contribution is 0.311. The molecule has 1 aromatic heterocycles. The van der Waals surface area contributed by atoms with E-state index in [-0.39, 0.29) is 6.61 Å². The Hall–Kier alpha value is -1.85. The molecule has 3 rings (SSSR count). The fourth-order valence-electron chi connectivity index (χ4n) is 2.37. The molecular weight excluding hydrogens is 330 g/mol. The molecule has 0 spiro atoms. The molecule has 0 radical (unpaired) electrons. The summed E-state index contributed by atoms with van der Waals surface area (Å²) >= 11 is 3.48. The summed E-state index contributed by atoms with van der Waals surface area (Å²) in [6.07, 6.45) is 0. The third kappa shape index (κ3) is 2.80. The average molecular weight is 346 g/mol. The van der Waals surface area contributed by atoms with E-state index in [9.17, 15) is 0 Å². The molecule has 2 aromatic carbocycles. The van der Waals surface area contributed by atoms with E-state index in [1.54, 1.807) is 0 Å². The molecule has 0 aliphatic carbocycles. The number of halogens is 1. The van der Waals surface area contributed by atoms with Crippen molar-refractivity contribution < 1.29 is 5.11 Å². The van der Waals surface area contributed by atoms with Gasteiger partial charge in [-0.3, -0.25) is 0 Å². The lowest BCUT2D eigenvalue weighted by Gasteiger charge is -2.06. The summed E-state index contributed by atoms with van der Waals surface area (Å²) in [4.78, 5) is 4.71. The van der Waals surface area contributed by atoms with Crippen LogP contribution in [0.3, 0.4) is 0 Å². The van der Waals surface area contributed by atoms with Gasteiger partial charge in [-0.25, -0.2) is 4.98 Å². The van der Waals surface area contributed by atoms with Gasteiger partial charge < -0.3 is 15.0 Å². The van der Waals surface area contributed by atoms with E-state index in [1.807, 2.05) is 43.4 Å². The predicted octanol–water partition coefficient (Wildman–Crippen LogP) is 3.41. The fraction of sp³-hybridized carbons (Fsp3) is 0.188. The van der Waals surface area contributed by atoms with Gasteiger partial charge in [0.2, 0.25) is 0 Å². The van der Waals surface area contributed by atoms with Crippen LogP contribution in [-0.2, 0) is 7.05 Å².